The van der Waals surface area contributed by atoms with Crippen molar-refractivity contribution < 1.29 is 0 Å². The van der Waals surface area contributed by atoms with Crippen molar-refractivity contribution in [1.82, 2.24) is 10.2 Å². The Balaban J connectivity index is 1.70. The van der Waals surface area contributed by atoms with Crippen LogP contribution in [0.15, 0.2) is 42.5 Å². The van der Waals surface area contributed by atoms with Crippen LogP contribution in [-0.4, -0.2) is 30.6 Å². The second kappa shape index (κ2) is 5.68. The average Bonchev–Trinajstić information content (AvgIpc) is 2.94. The molecule has 2 atom stereocenters. The van der Waals surface area contributed by atoms with Crippen molar-refractivity contribution in [3.05, 3.63) is 48.0 Å². The molecule has 2 unspecified atom stereocenters. The van der Waals surface area contributed by atoms with Gasteiger partial charge in [-0.3, -0.25) is 4.90 Å². The van der Waals surface area contributed by atoms with Crippen LogP contribution < -0.4 is 5.32 Å². The maximum Gasteiger partial charge on any atom is 0.0240 e. The zero-order chi connectivity index (χ0) is 12.2. The van der Waals surface area contributed by atoms with E-state index < -0.39 is 0 Å². The standard InChI is InChI=1S/C16H22N2/c1-2-6-14(7-3-1)13-18-11-5-4-8-16(18)15-9-10-17-12-15/h1-7,15-17H,8-13H2. The summed E-state index contributed by atoms with van der Waals surface area (Å²) in [6.07, 6.45) is 7.25. The molecule has 1 aromatic rings. The molecule has 2 heteroatoms. The molecule has 0 spiro atoms. The predicted octanol–water partition coefficient (Wildman–Crippen LogP) is 2.43. The monoisotopic (exact) mass is 242 g/mol. The van der Waals surface area contributed by atoms with E-state index in [-0.39, 0.29) is 0 Å². The van der Waals surface area contributed by atoms with Crippen LogP contribution in [0, 0.1) is 5.92 Å². The number of nitrogens with zero attached hydrogens (tertiary/aromatic N) is 1. The SMILES string of the molecule is C1=CCN(Cc2ccccc2)C(C2CCNC2)C1. The van der Waals surface area contributed by atoms with Crippen LogP contribution in [0.2, 0.25) is 0 Å². The maximum absolute atomic E-state index is 3.50. The first-order chi connectivity index (χ1) is 8.93. The second-order valence-corrected chi connectivity index (χ2v) is 5.44. The van der Waals surface area contributed by atoms with Crippen molar-refractivity contribution in [2.45, 2.75) is 25.4 Å². The molecule has 0 bridgehead atoms. The van der Waals surface area contributed by atoms with Crippen molar-refractivity contribution >= 4 is 0 Å². The van der Waals surface area contributed by atoms with Gasteiger partial charge in [-0.25, -0.2) is 0 Å². The van der Waals surface area contributed by atoms with E-state index in [0.29, 0.717) is 0 Å². The Morgan fingerprint density at radius 2 is 2.06 bits per heavy atom. The normalized spacial score (nSPS) is 28.7. The minimum Gasteiger partial charge on any atom is -0.316 e. The van der Waals surface area contributed by atoms with Crippen LogP contribution in [0.1, 0.15) is 18.4 Å². The second-order valence-electron chi connectivity index (χ2n) is 5.44. The lowest BCUT2D eigenvalue weighted by Crippen LogP contribution is -2.42. The van der Waals surface area contributed by atoms with Gasteiger partial charge in [-0.05, 0) is 37.4 Å². The lowest BCUT2D eigenvalue weighted by atomic mass is 9.92. The summed E-state index contributed by atoms with van der Waals surface area (Å²) in [6.45, 7) is 4.59. The first-order valence-corrected chi connectivity index (χ1v) is 7.07. The largest absolute Gasteiger partial charge is 0.316 e. The summed E-state index contributed by atoms with van der Waals surface area (Å²) in [7, 11) is 0. The molecule has 1 N–H and O–H groups in total. The molecule has 18 heavy (non-hydrogen) atoms. The highest BCUT2D eigenvalue weighted by atomic mass is 15.2. The number of rotatable bonds is 3. The number of hydrogen-bond acceptors (Lipinski definition) is 2. The average molecular weight is 242 g/mol. The fourth-order valence-corrected chi connectivity index (χ4v) is 3.23. The third-order valence-electron chi connectivity index (χ3n) is 4.22. The molecule has 1 saturated heterocycles. The van der Waals surface area contributed by atoms with Crippen molar-refractivity contribution in [2.75, 3.05) is 19.6 Å². The van der Waals surface area contributed by atoms with E-state index in [2.05, 4.69) is 52.7 Å². The first kappa shape index (κ1) is 11.9. The number of hydrogen-bond donors (Lipinski definition) is 1. The number of nitrogens with one attached hydrogen (secondary N) is 1. The summed E-state index contributed by atoms with van der Waals surface area (Å²) in [5.41, 5.74) is 1.43. The molecule has 2 aliphatic heterocycles. The van der Waals surface area contributed by atoms with Crippen LogP contribution in [0.5, 0.6) is 0 Å². The maximum atomic E-state index is 3.50. The van der Waals surface area contributed by atoms with Crippen LogP contribution in [-0.2, 0) is 6.54 Å². The highest BCUT2D eigenvalue weighted by molar-refractivity contribution is 5.15. The van der Waals surface area contributed by atoms with Crippen molar-refractivity contribution in [3.63, 3.8) is 0 Å². The van der Waals surface area contributed by atoms with Crippen molar-refractivity contribution in [1.29, 1.82) is 0 Å². The quantitative estimate of drug-likeness (QED) is 0.819. The summed E-state index contributed by atoms with van der Waals surface area (Å²) in [5, 5.41) is 3.50. The van der Waals surface area contributed by atoms with Gasteiger partial charge in [-0.1, -0.05) is 42.5 Å². The van der Waals surface area contributed by atoms with Gasteiger partial charge >= 0.3 is 0 Å². The first-order valence-electron chi connectivity index (χ1n) is 7.07. The minimum atomic E-state index is 0.727. The summed E-state index contributed by atoms with van der Waals surface area (Å²) in [5.74, 6) is 0.832. The van der Waals surface area contributed by atoms with E-state index in [1.54, 1.807) is 0 Å². The lowest BCUT2D eigenvalue weighted by molar-refractivity contribution is 0.148. The highest BCUT2D eigenvalue weighted by Gasteiger charge is 2.29. The van der Waals surface area contributed by atoms with Gasteiger partial charge in [0.1, 0.15) is 0 Å². The van der Waals surface area contributed by atoms with Crippen LogP contribution in [0.3, 0.4) is 0 Å². The molecule has 0 aliphatic carbocycles. The van der Waals surface area contributed by atoms with Gasteiger partial charge in [0.25, 0.3) is 0 Å². The molecule has 2 nitrogen and oxygen atoms in total. The zero-order valence-corrected chi connectivity index (χ0v) is 10.9. The molecule has 1 fully saturated rings. The van der Waals surface area contributed by atoms with E-state index in [4.69, 9.17) is 0 Å². The topological polar surface area (TPSA) is 15.3 Å². The Labute approximate surface area is 110 Å². The van der Waals surface area contributed by atoms with Gasteiger partial charge < -0.3 is 5.32 Å². The number of benzene rings is 1. The van der Waals surface area contributed by atoms with Gasteiger partial charge in [0, 0.05) is 19.1 Å². The lowest BCUT2D eigenvalue weighted by Gasteiger charge is -2.36. The Bertz CT molecular complexity index is 393. The molecule has 96 valence electrons. The molecular formula is C16H22N2. The van der Waals surface area contributed by atoms with E-state index in [0.717, 1.165) is 25.0 Å². The molecule has 2 heterocycles. The zero-order valence-electron chi connectivity index (χ0n) is 10.9. The van der Waals surface area contributed by atoms with Gasteiger partial charge in [0.05, 0.1) is 0 Å². The molecule has 3 rings (SSSR count). The van der Waals surface area contributed by atoms with E-state index in [1.165, 1.54) is 31.5 Å². The van der Waals surface area contributed by atoms with E-state index in [1.807, 2.05) is 0 Å². The van der Waals surface area contributed by atoms with Crippen molar-refractivity contribution in [3.8, 4) is 0 Å². The Kier molecular flexibility index (Phi) is 3.77. The third-order valence-corrected chi connectivity index (χ3v) is 4.22. The summed E-state index contributed by atoms with van der Waals surface area (Å²) in [6, 6.07) is 11.6. The van der Waals surface area contributed by atoms with Crippen LogP contribution >= 0.6 is 0 Å². The molecular weight excluding hydrogens is 220 g/mol. The Morgan fingerprint density at radius 1 is 1.17 bits per heavy atom. The molecule has 2 aliphatic rings. The van der Waals surface area contributed by atoms with E-state index >= 15 is 0 Å². The molecule has 1 aromatic carbocycles. The Hall–Kier alpha value is -1.12. The van der Waals surface area contributed by atoms with Gasteiger partial charge in [-0.15, -0.1) is 0 Å². The van der Waals surface area contributed by atoms with E-state index in [9.17, 15) is 0 Å². The van der Waals surface area contributed by atoms with Gasteiger partial charge in [-0.2, -0.15) is 0 Å². The molecule has 0 aromatic heterocycles. The summed E-state index contributed by atoms with van der Waals surface area (Å²) in [4.78, 5) is 2.65. The van der Waals surface area contributed by atoms with Crippen LogP contribution in [0.4, 0.5) is 0 Å². The van der Waals surface area contributed by atoms with Crippen molar-refractivity contribution in [2.24, 2.45) is 5.92 Å². The predicted molar refractivity (Wildman–Crippen MR) is 75.4 cm³/mol. The fraction of sp³-hybridized carbons (Fsp3) is 0.500. The molecule has 0 amide bonds. The molecule has 0 radical (unpaired) electrons. The van der Waals surface area contributed by atoms with Gasteiger partial charge in [0.2, 0.25) is 0 Å². The Morgan fingerprint density at radius 3 is 2.83 bits per heavy atom. The molecule has 0 saturated carbocycles. The summed E-state index contributed by atoms with van der Waals surface area (Å²) < 4.78 is 0. The van der Waals surface area contributed by atoms with Gasteiger partial charge in [0.15, 0.2) is 0 Å². The highest BCUT2D eigenvalue weighted by Crippen LogP contribution is 2.25. The van der Waals surface area contributed by atoms with Crippen LogP contribution in [0.25, 0.3) is 0 Å². The fourth-order valence-electron chi connectivity index (χ4n) is 3.23. The summed E-state index contributed by atoms with van der Waals surface area (Å²) >= 11 is 0. The minimum absolute atomic E-state index is 0.727. The smallest absolute Gasteiger partial charge is 0.0240 e. The third kappa shape index (κ3) is 2.65.